The molecule has 1 saturated carbocycles. The Balaban J connectivity index is 1.69. The molecule has 2 aliphatic rings. The highest BCUT2D eigenvalue weighted by Crippen LogP contribution is 2.33. The minimum atomic E-state index is 0.257. The largest absolute Gasteiger partial charge is 0.353 e. The van der Waals surface area contributed by atoms with Gasteiger partial charge in [-0.1, -0.05) is 12.8 Å². The van der Waals surface area contributed by atoms with E-state index in [-0.39, 0.29) is 11.8 Å². The Kier molecular flexibility index (Phi) is 3.62. The van der Waals surface area contributed by atoms with Crippen LogP contribution in [0, 0.1) is 11.8 Å². The minimum absolute atomic E-state index is 0.257. The van der Waals surface area contributed by atoms with Crippen molar-refractivity contribution in [1.29, 1.82) is 0 Å². The number of carbonyl (C=O) groups excluding carboxylic acids is 1. The van der Waals surface area contributed by atoms with Crippen molar-refractivity contribution in [3.63, 3.8) is 0 Å². The summed E-state index contributed by atoms with van der Waals surface area (Å²) >= 11 is 0. The molecule has 0 spiro atoms. The average Bonchev–Trinajstić information content (AvgIpc) is 3.03. The molecule has 2 rings (SSSR count). The van der Waals surface area contributed by atoms with Crippen LogP contribution in [0.1, 0.15) is 39.0 Å². The highest BCUT2D eigenvalue weighted by atomic mass is 16.1. The summed E-state index contributed by atoms with van der Waals surface area (Å²) in [6, 6.07) is 0.375. The van der Waals surface area contributed by atoms with E-state index in [1.807, 2.05) is 0 Å². The second-order valence-corrected chi connectivity index (χ2v) is 5.11. The molecular formula is C12H22N2O. The first-order chi connectivity index (χ1) is 7.25. The van der Waals surface area contributed by atoms with Crippen LogP contribution < -0.4 is 10.6 Å². The monoisotopic (exact) mass is 210 g/mol. The summed E-state index contributed by atoms with van der Waals surface area (Å²) in [6.45, 7) is 4.13. The van der Waals surface area contributed by atoms with E-state index in [4.69, 9.17) is 0 Å². The molecule has 3 nitrogen and oxygen atoms in total. The number of nitrogens with one attached hydrogen (secondary N) is 2. The molecule has 1 unspecified atom stereocenters. The van der Waals surface area contributed by atoms with Gasteiger partial charge in [0, 0.05) is 12.0 Å². The molecular weight excluding hydrogens is 188 g/mol. The number of hydrogen-bond acceptors (Lipinski definition) is 2. The molecule has 0 aromatic carbocycles. The van der Waals surface area contributed by atoms with Gasteiger partial charge < -0.3 is 10.6 Å². The zero-order chi connectivity index (χ0) is 10.7. The molecule has 1 atom stereocenters. The maximum atomic E-state index is 11.9. The van der Waals surface area contributed by atoms with Crippen LogP contribution in [0.4, 0.5) is 0 Å². The van der Waals surface area contributed by atoms with Crippen LogP contribution in [-0.4, -0.2) is 25.0 Å². The van der Waals surface area contributed by atoms with E-state index in [1.54, 1.807) is 0 Å². The second kappa shape index (κ2) is 4.97. The number of hydrogen-bond donors (Lipinski definition) is 2. The maximum absolute atomic E-state index is 11.9. The summed E-state index contributed by atoms with van der Waals surface area (Å²) in [4.78, 5) is 11.9. The molecule has 0 aromatic rings. The summed E-state index contributed by atoms with van der Waals surface area (Å²) < 4.78 is 0. The topological polar surface area (TPSA) is 41.1 Å². The van der Waals surface area contributed by atoms with Crippen molar-refractivity contribution >= 4 is 5.91 Å². The van der Waals surface area contributed by atoms with Crippen molar-refractivity contribution in [2.24, 2.45) is 11.8 Å². The van der Waals surface area contributed by atoms with E-state index in [0.717, 1.165) is 31.8 Å². The van der Waals surface area contributed by atoms with Crippen molar-refractivity contribution in [2.75, 3.05) is 13.1 Å². The molecule has 2 N–H and O–H groups in total. The van der Waals surface area contributed by atoms with Crippen LogP contribution in [0.2, 0.25) is 0 Å². The normalized spacial score (nSPS) is 24.9. The first-order valence-corrected chi connectivity index (χ1v) is 6.27. The van der Waals surface area contributed by atoms with Gasteiger partial charge in [-0.3, -0.25) is 4.79 Å². The Morgan fingerprint density at radius 1 is 1.33 bits per heavy atom. The lowest BCUT2D eigenvalue weighted by Gasteiger charge is -2.23. The predicted molar refractivity (Wildman–Crippen MR) is 60.5 cm³/mol. The summed E-state index contributed by atoms with van der Waals surface area (Å²) in [5, 5.41) is 6.44. The van der Waals surface area contributed by atoms with E-state index in [9.17, 15) is 4.79 Å². The van der Waals surface area contributed by atoms with Gasteiger partial charge in [-0.15, -0.1) is 0 Å². The van der Waals surface area contributed by atoms with E-state index in [2.05, 4.69) is 17.6 Å². The van der Waals surface area contributed by atoms with Crippen LogP contribution >= 0.6 is 0 Å². The molecule has 2 fully saturated rings. The minimum Gasteiger partial charge on any atom is -0.353 e. The summed E-state index contributed by atoms with van der Waals surface area (Å²) in [5.41, 5.74) is 0. The van der Waals surface area contributed by atoms with Gasteiger partial charge in [0.25, 0.3) is 0 Å². The van der Waals surface area contributed by atoms with Crippen molar-refractivity contribution in [2.45, 2.75) is 45.1 Å². The quantitative estimate of drug-likeness (QED) is 0.734. The molecule has 1 saturated heterocycles. The summed E-state index contributed by atoms with van der Waals surface area (Å²) in [5.74, 6) is 1.44. The molecule has 1 amide bonds. The van der Waals surface area contributed by atoms with Crippen LogP contribution in [0.15, 0.2) is 0 Å². The molecule has 1 heterocycles. The second-order valence-electron chi connectivity index (χ2n) is 5.11. The number of amides is 1. The van der Waals surface area contributed by atoms with Crippen molar-refractivity contribution in [3.8, 4) is 0 Å². The van der Waals surface area contributed by atoms with Gasteiger partial charge in [-0.05, 0) is 45.2 Å². The summed E-state index contributed by atoms with van der Waals surface area (Å²) in [7, 11) is 0. The molecule has 0 aromatic heterocycles. The van der Waals surface area contributed by atoms with Gasteiger partial charge in [0.2, 0.25) is 5.91 Å². The fourth-order valence-corrected chi connectivity index (χ4v) is 2.36. The van der Waals surface area contributed by atoms with Crippen molar-refractivity contribution in [1.82, 2.24) is 10.6 Å². The third-order valence-electron chi connectivity index (χ3n) is 3.48. The van der Waals surface area contributed by atoms with E-state index in [0.29, 0.717) is 6.04 Å². The first kappa shape index (κ1) is 10.9. The fourth-order valence-electron chi connectivity index (χ4n) is 2.36. The summed E-state index contributed by atoms with van der Waals surface area (Å²) in [6.07, 6.45) is 5.92. The lowest BCUT2D eigenvalue weighted by Crippen LogP contribution is -2.41. The molecule has 1 aliphatic heterocycles. The third kappa shape index (κ3) is 3.49. The van der Waals surface area contributed by atoms with Crippen LogP contribution in [0.3, 0.4) is 0 Å². The zero-order valence-electron chi connectivity index (χ0n) is 9.59. The van der Waals surface area contributed by atoms with Crippen LogP contribution in [-0.2, 0) is 4.79 Å². The Morgan fingerprint density at radius 3 is 2.60 bits per heavy atom. The standard InChI is InChI=1S/C12H22N2O/c1-9(8-10-2-3-10)14-12(15)11-4-6-13-7-5-11/h9-11,13H,2-8H2,1H3,(H,14,15). The Morgan fingerprint density at radius 2 is 2.00 bits per heavy atom. The van der Waals surface area contributed by atoms with Gasteiger partial charge >= 0.3 is 0 Å². The number of rotatable bonds is 4. The van der Waals surface area contributed by atoms with Gasteiger partial charge in [0.05, 0.1) is 0 Å². The SMILES string of the molecule is CC(CC1CC1)NC(=O)C1CCNCC1. The van der Waals surface area contributed by atoms with Gasteiger partial charge in [-0.2, -0.15) is 0 Å². The van der Waals surface area contributed by atoms with Crippen LogP contribution in [0.5, 0.6) is 0 Å². The first-order valence-electron chi connectivity index (χ1n) is 6.27. The van der Waals surface area contributed by atoms with Gasteiger partial charge in [0.15, 0.2) is 0 Å². The Labute approximate surface area is 92.0 Å². The lowest BCUT2D eigenvalue weighted by molar-refractivity contribution is -0.126. The molecule has 86 valence electrons. The average molecular weight is 210 g/mol. The van der Waals surface area contributed by atoms with Crippen LogP contribution in [0.25, 0.3) is 0 Å². The van der Waals surface area contributed by atoms with E-state index >= 15 is 0 Å². The Hall–Kier alpha value is -0.570. The smallest absolute Gasteiger partial charge is 0.223 e. The van der Waals surface area contributed by atoms with Crippen molar-refractivity contribution < 1.29 is 4.79 Å². The fraction of sp³-hybridized carbons (Fsp3) is 0.917. The highest BCUT2D eigenvalue weighted by Gasteiger charge is 2.26. The van der Waals surface area contributed by atoms with Crippen molar-refractivity contribution in [3.05, 3.63) is 0 Å². The maximum Gasteiger partial charge on any atom is 0.223 e. The highest BCUT2D eigenvalue weighted by molar-refractivity contribution is 5.79. The van der Waals surface area contributed by atoms with Gasteiger partial charge in [-0.25, -0.2) is 0 Å². The predicted octanol–water partition coefficient (Wildman–Crippen LogP) is 1.29. The number of carbonyl (C=O) groups is 1. The van der Waals surface area contributed by atoms with Gasteiger partial charge in [0.1, 0.15) is 0 Å². The molecule has 0 radical (unpaired) electrons. The Bertz CT molecular complexity index is 220. The van der Waals surface area contributed by atoms with E-state index in [1.165, 1.54) is 19.3 Å². The third-order valence-corrected chi connectivity index (χ3v) is 3.48. The molecule has 15 heavy (non-hydrogen) atoms. The lowest BCUT2D eigenvalue weighted by atomic mass is 9.96. The number of piperidine rings is 1. The molecule has 1 aliphatic carbocycles. The molecule has 0 bridgehead atoms. The zero-order valence-corrected chi connectivity index (χ0v) is 9.59. The molecule has 3 heteroatoms. The van der Waals surface area contributed by atoms with E-state index < -0.39 is 0 Å².